The molecule has 1 unspecified atom stereocenters. The van der Waals surface area contributed by atoms with Crippen molar-refractivity contribution in [3.63, 3.8) is 0 Å². The lowest BCUT2D eigenvalue weighted by Gasteiger charge is -2.25. The summed E-state index contributed by atoms with van der Waals surface area (Å²) in [6.07, 6.45) is 5.45. The summed E-state index contributed by atoms with van der Waals surface area (Å²) >= 11 is 1.33. The van der Waals surface area contributed by atoms with Crippen LogP contribution in [0.25, 0.3) is 6.08 Å². The second-order valence-corrected chi connectivity index (χ2v) is 7.80. The second-order valence-electron chi connectivity index (χ2n) is 6.42. The van der Waals surface area contributed by atoms with E-state index in [1.165, 1.54) is 16.3 Å². The predicted octanol–water partition coefficient (Wildman–Crippen LogP) is 3.11. The Morgan fingerprint density at radius 3 is 2.79 bits per heavy atom. The number of imidazole rings is 1. The average Bonchev–Trinajstić information content (AvgIpc) is 2.87. The van der Waals surface area contributed by atoms with Crippen molar-refractivity contribution in [2.75, 3.05) is 13.1 Å². The fourth-order valence-electron chi connectivity index (χ4n) is 2.30. The Balaban J connectivity index is 0.00000288. The summed E-state index contributed by atoms with van der Waals surface area (Å²) in [7, 11) is 0. The maximum absolute atomic E-state index is 12.2. The van der Waals surface area contributed by atoms with Gasteiger partial charge in [-0.15, -0.1) is 12.4 Å². The van der Waals surface area contributed by atoms with Crippen molar-refractivity contribution in [3.8, 4) is 0 Å². The van der Waals surface area contributed by atoms with Gasteiger partial charge in [0.1, 0.15) is 11.4 Å². The Kier molecular flexibility index (Phi) is 7.51. The highest BCUT2D eigenvalue weighted by molar-refractivity contribution is 8.14. The van der Waals surface area contributed by atoms with Crippen LogP contribution in [0.4, 0.5) is 4.79 Å². The third kappa shape index (κ3) is 5.96. The fraction of sp³-hybridized carbons (Fsp3) is 0.562. The molecule has 1 fully saturated rings. The molecule has 0 aliphatic carbocycles. The molecular weight excluding hydrogens is 350 g/mol. The number of ether oxygens (including phenoxy) is 1. The van der Waals surface area contributed by atoms with Gasteiger partial charge in [-0.25, -0.2) is 14.3 Å². The zero-order valence-electron chi connectivity index (χ0n) is 14.4. The molecular formula is C16H24ClN3O3S. The number of rotatable bonds is 2. The molecule has 8 heteroatoms. The van der Waals surface area contributed by atoms with Crippen molar-refractivity contribution in [2.45, 2.75) is 45.0 Å². The molecule has 0 radical (unpaired) electrons. The van der Waals surface area contributed by atoms with Crippen LogP contribution in [-0.2, 0) is 9.53 Å². The van der Waals surface area contributed by atoms with Crippen LogP contribution < -0.4 is 5.32 Å². The van der Waals surface area contributed by atoms with Crippen molar-refractivity contribution in [1.29, 1.82) is 0 Å². The fourth-order valence-corrected chi connectivity index (χ4v) is 3.24. The van der Waals surface area contributed by atoms with Crippen LogP contribution in [0.3, 0.4) is 0 Å². The lowest BCUT2D eigenvalue weighted by atomic mass is 10.1. The molecule has 1 saturated heterocycles. The number of halogens is 1. The molecule has 1 aromatic rings. The summed E-state index contributed by atoms with van der Waals surface area (Å²) < 4.78 is 6.77. The Morgan fingerprint density at radius 2 is 2.17 bits per heavy atom. The highest BCUT2D eigenvalue weighted by Gasteiger charge is 2.23. The van der Waals surface area contributed by atoms with Crippen LogP contribution in [0, 0.1) is 0 Å². The molecule has 1 N–H and O–H groups in total. The van der Waals surface area contributed by atoms with E-state index >= 15 is 0 Å². The van der Waals surface area contributed by atoms with Crippen molar-refractivity contribution < 1.29 is 14.3 Å². The molecule has 0 spiro atoms. The lowest BCUT2D eigenvalue weighted by Crippen LogP contribution is -2.32. The largest absolute Gasteiger partial charge is 0.443 e. The molecule has 2 rings (SSSR count). The van der Waals surface area contributed by atoms with Gasteiger partial charge in [0.05, 0.1) is 0 Å². The minimum Gasteiger partial charge on any atom is -0.443 e. The summed E-state index contributed by atoms with van der Waals surface area (Å²) in [5.74, 6) is 0.520. The highest BCUT2D eigenvalue weighted by Crippen LogP contribution is 2.27. The Hall–Kier alpha value is -1.31. The number of piperidine rings is 1. The SMILES string of the molecule is CC(=O)SC1CCNC/C1=C\c1nccn1C(=O)OC(C)(C)C.Cl. The normalized spacial score (nSPS) is 19.7. The number of nitrogens with zero attached hydrogens (tertiary/aromatic N) is 2. The number of thioether (sulfide) groups is 1. The van der Waals surface area contributed by atoms with Crippen LogP contribution in [0.5, 0.6) is 0 Å². The molecule has 0 saturated carbocycles. The van der Waals surface area contributed by atoms with Gasteiger partial charge in [-0.1, -0.05) is 11.8 Å². The number of aromatic nitrogens is 2. The standard InChI is InChI=1S/C16H23N3O3S.ClH/c1-11(20)23-13-5-6-17-10-12(13)9-14-18-7-8-19(14)15(21)22-16(2,3)4;/h7-9,13,17H,5-6,10H2,1-4H3;1H/b12-9+;. The van der Waals surface area contributed by atoms with Gasteiger partial charge < -0.3 is 10.1 Å². The smallest absolute Gasteiger partial charge is 0.420 e. The predicted molar refractivity (Wildman–Crippen MR) is 98.6 cm³/mol. The minimum absolute atomic E-state index is 0. The zero-order chi connectivity index (χ0) is 17.0. The molecule has 1 aliphatic heterocycles. The van der Waals surface area contributed by atoms with E-state index in [0.29, 0.717) is 12.4 Å². The van der Waals surface area contributed by atoms with Gasteiger partial charge in [-0.05, 0) is 45.4 Å². The van der Waals surface area contributed by atoms with Gasteiger partial charge in [0.25, 0.3) is 0 Å². The first-order valence-electron chi connectivity index (χ1n) is 7.61. The van der Waals surface area contributed by atoms with Crippen LogP contribution in [-0.4, -0.2) is 44.7 Å². The molecule has 6 nitrogen and oxygen atoms in total. The number of hydrogen-bond acceptors (Lipinski definition) is 6. The van der Waals surface area contributed by atoms with Gasteiger partial charge in [-0.3, -0.25) is 4.79 Å². The van der Waals surface area contributed by atoms with Crippen molar-refractivity contribution in [2.24, 2.45) is 0 Å². The Bertz CT molecular complexity index is 622. The minimum atomic E-state index is -0.564. The van der Waals surface area contributed by atoms with Crippen molar-refractivity contribution in [3.05, 3.63) is 23.8 Å². The van der Waals surface area contributed by atoms with E-state index in [1.54, 1.807) is 19.3 Å². The van der Waals surface area contributed by atoms with Crippen LogP contribution >= 0.6 is 24.2 Å². The van der Waals surface area contributed by atoms with E-state index < -0.39 is 11.7 Å². The quantitative estimate of drug-likeness (QED) is 0.858. The zero-order valence-corrected chi connectivity index (χ0v) is 16.0. The van der Waals surface area contributed by atoms with E-state index in [0.717, 1.165) is 18.5 Å². The van der Waals surface area contributed by atoms with E-state index in [2.05, 4.69) is 10.3 Å². The third-order valence-electron chi connectivity index (χ3n) is 3.21. The van der Waals surface area contributed by atoms with Gasteiger partial charge >= 0.3 is 6.09 Å². The second kappa shape index (κ2) is 8.69. The molecule has 0 amide bonds. The van der Waals surface area contributed by atoms with E-state index in [1.807, 2.05) is 26.8 Å². The monoisotopic (exact) mass is 373 g/mol. The number of hydrogen-bond donors (Lipinski definition) is 1. The molecule has 134 valence electrons. The van der Waals surface area contributed by atoms with Gasteiger partial charge in [0.15, 0.2) is 5.12 Å². The summed E-state index contributed by atoms with van der Waals surface area (Å²) in [5, 5.41) is 3.51. The van der Waals surface area contributed by atoms with Gasteiger partial charge in [0, 0.05) is 31.1 Å². The summed E-state index contributed by atoms with van der Waals surface area (Å²) in [5.41, 5.74) is 0.498. The maximum Gasteiger partial charge on any atom is 0.420 e. The number of carbonyl (C=O) groups is 2. The Labute approximate surface area is 152 Å². The molecule has 1 atom stereocenters. The van der Waals surface area contributed by atoms with Crippen molar-refractivity contribution in [1.82, 2.24) is 14.9 Å². The van der Waals surface area contributed by atoms with E-state index in [-0.39, 0.29) is 22.8 Å². The molecule has 2 heterocycles. The van der Waals surface area contributed by atoms with Gasteiger partial charge in [0.2, 0.25) is 0 Å². The van der Waals surface area contributed by atoms with Crippen LogP contribution in [0.15, 0.2) is 18.0 Å². The van der Waals surface area contributed by atoms with Crippen molar-refractivity contribution >= 4 is 41.5 Å². The van der Waals surface area contributed by atoms with E-state index in [4.69, 9.17) is 4.74 Å². The average molecular weight is 374 g/mol. The van der Waals surface area contributed by atoms with Gasteiger partial charge in [-0.2, -0.15) is 0 Å². The third-order valence-corrected chi connectivity index (χ3v) is 4.36. The number of carbonyl (C=O) groups excluding carboxylic acids is 2. The molecule has 0 bridgehead atoms. The maximum atomic E-state index is 12.2. The first kappa shape index (κ1) is 20.7. The summed E-state index contributed by atoms with van der Waals surface area (Å²) in [6.45, 7) is 8.61. The summed E-state index contributed by atoms with van der Waals surface area (Å²) in [4.78, 5) is 27.9. The topological polar surface area (TPSA) is 73.2 Å². The van der Waals surface area contributed by atoms with Crippen LogP contribution in [0.1, 0.15) is 39.9 Å². The lowest BCUT2D eigenvalue weighted by molar-refractivity contribution is -0.109. The highest BCUT2D eigenvalue weighted by atomic mass is 35.5. The molecule has 1 aliphatic rings. The van der Waals surface area contributed by atoms with Crippen LogP contribution in [0.2, 0.25) is 0 Å². The molecule has 0 aromatic carbocycles. The molecule has 1 aromatic heterocycles. The first-order valence-corrected chi connectivity index (χ1v) is 8.49. The number of nitrogens with one attached hydrogen (secondary N) is 1. The first-order chi connectivity index (χ1) is 10.8. The molecule has 24 heavy (non-hydrogen) atoms. The van der Waals surface area contributed by atoms with E-state index in [9.17, 15) is 9.59 Å². The Morgan fingerprint density at radius 1 is 1.46 bits per heavy atom. The summed E-state index contributed by atoms with van der Waals surface area (Å²) in [6, 6.07) is 0.